The standard InChI is InChI=1S/C17H22N2O4S2/c1-6-23-15-8-7-13(10-16(15)25(21,22)19(4)5)18-17(20)14-9-11(2)24-12(14)3/h7-10H,6H2,1-5H3,(H,18,20). The van der Waals surface area contributed by atoms with Gasteiger partial charge in [-0.05, 0) is 45.0 Å². The molecule has 1 heterocycles. The van der Waals surface area contributed by atoms with Crippen molar-refractivity contribution >= 4 is 33.0 Å². The Bertz CT molecular complexity index is 886. The van der Waals surface area contributed by atoms with Gasteiger partial charge in [0.2, 0.25) is 10.0 Å². The summed E-state index contributed by atoms with van der Waals surface area (Å²) in [4.78, 5) is 14.4. The molecule has 0 fully saturated rings. The monoisotopic (exact) mass is 382 g/mol. The van der Waals surface area contributed by atoms with Crippen molar-refractivity contribution in [2.24, 2.45) is 0 Å². The van der Waals surface area contributed by atoms with Crippen LogP contribution in [0.25, 0.3) is 0 Å². The van der Waals surface area contributed by atoms with E-state index in [-0.39, 0.29) is 16.6 Å². The molecule has 0 saturated carbocycles. The van der Waals surface area contributed by atoms with Crippen molar-refractivity contribution in [2.45, 2.75) is 25.7 Å². The van der Waals surface area contributed by atoms with E-state index in [9.17, 15) is 13.2 Å². The maximum absolute atomic E-state index is 12.5. The largest absolute Gasteiger partial charge is 0.492 e. The number of amides is 1. The van der Waals surface area contributed by atoms with Gasteiger partial charge in [0.15, 0.2) is 0 Å². The zero-order valence-electron chi connectivity index (χ0n) is 14.9. The predicted molar refractivity (Wildman–Crippen MR) is 100 cm³/mol. The number of carbonyl (C=O) groups excluding carboxylic acids is 1. The molecule has 136 valence electrons. The lowest BCUT2D eigenvalue weighted by Crippen LogP contribution is -2.23. The summed E-state index contributed by atoms with van der Waals surface area (Å²) < 4.78 is 31.6. The Kier molecular flexibility index (Phi) is 5.87. The van der Waals surface area contributed by atoms with Crippen LogP contribution in [0.4, 0.5) is 5.69 Å². The van der Waals surface area contributed by atoms with Gasteiger partial charge in [-0.2, -0.15) is 0 Å². The lowest BCUT2D eigenvalue weighted by Gasteiger charge is -2.16. The van der Waals surface area contributed by atoms with Crippen LogP contribution in [-0.4, -0.2) is 39.3 Å². The highest BCUT2D eigenvalue weighted by Crippen LogP contribution is 2.30. The van der Waals surface area contributed by atoms with E-state index in [1.807, 2.05) is 19.9 Å². The van der Waals surface area contributed by atoms with Crippen molar-refractivity contribution in [3.8, 4) is 5.75 Å². The molecule has 0 bridgehead atoms. The molecule has 1 aromatic carbocycles. The zero-order chi connectivity index (χ0) is 18.8. The molecule has 2 rings (SSSR count). The fraction of sp³-hybridized carbons (Fsp3) is 0.353. The van der Waals surface area contributed by atoms with E-state index in [0.717, 1.165) is 14.1 Å². The molecule has 0 radical (unpaired) electrons. The normalized spacial score (nSPS) is 11.6. The topological polar surface area (TPSA) is 75.7 Å². The summed E-state index contributed by atoms with van der Waals surface area (Å²) in [6, 6.07) is 6.43. The Labute approximate surface area is 152 Å². The van der Waals surface area contributed by atoms with Crippen molar-refractivity contribution in [3.63, 3.8) is 0 Å². The predicted octanol–water partition coefficient (Wildman–Crippen LogP) is 3.27. The van der Waals surface area contributed by atoms with Crippen molar-refractivity contribution in [1.29, 1.82) is 0 Å². The quantitative estimate of drug-likeness (QED) is 0.832. The summed E-state index contributed by atoms with van der Waals surface area (Å²) in [5.74, 6) is -0.00373. The molecule has 0 unspecified atom stereocenters. The van der Waals surface area contributed by atoms with Gasteiger partial charge in [-0.15, -0.1) is 11.3 Å². The molecule has 0 aliphatic carbocycles. The number of sulfonamides is 1. The highest BCUT2D eigenvalue weighted by atomic mass is 32.2. The van der Waals surface area contributed by atoms with Crippen LogP contribution in [0.5, 0.6) is 5.75 Å². The Balaban J connectivity index is 2.40. The Morgan fingerprint density at radius 1 is 1.24 bits per heavy atom. The zero-order valence-corrected chi connectivity index (χ0v) is 16.5. The summed E-state index contributed by atoms with van der Waals surface area (Å²) in [6.45, 7) is 5.94. The van der Waals surface area contributed by atoms with E-state index in [1.165, 1.54) is 20.2 Å². The first-order valence-electron chi connectivity index (χ1n) is 7.74. The number of carbonyl (C=O) groups is 1. The minimum absolute atomic E-state index is 0.0235. The second kappa shape index (κ2) is 7.55. The second-order valence-electron chi connectivity index (χ2n) is 5.66. The van der Waals surface area contributed by atoms with Crippen LogP contribution in [-0.2, 0) is 10.0 Å². The van der Waals surface area contributed by atoms with Crippen LogP contribution in [0.1, 0.15) is 27.0 Å². The lowest BCUT2D eigenvalue weighted by molar-refractivity contribution is 0.102. The molecule has 1 aromatic heterocycles. The van der Waals surface area contributed by atoms with Crippen molar-refractivity contribution in [3.05, 3.63) is 39.6 Å². The summed E-state index contributed by atoms with van der Waals surface area (Å²) in [6.07, 6.45) is 0. The third-order valence-corrected chi connectivity index (χ3v) is 6.35. The van der Waals surface area contributed by atoms with Gasteiger partial charge in [-0.1, -0.05) is 0 Å². The maximum atomic E-state index is 12.5. The molecule has 0 aliphatic heterocycles. The van der Waals surface area contributed by atoms with E-state index in [1.54, 1.807) is 30.4 Å². The summed E-state index contributed by atoms with van der Waals surface area (Å²) >= 11 is 1.55. The Morgan fingerprint density at radius 2 is 1.92 bits per heavy atom. The van der Waals surface area contributed by atoms with Crippen LogP contribution in [0, 0.1) is 13.8 Å². The molecule has 6 nitrogen and oxygen atoms in total. The van der Waals surface area contributed by atoms with Crippen LogP contribution in [0.15, 0.2) is 29.2 Å². The average Bonchev–Trinajstić information content (AvgIpc) is 2.87. The van der Waals surface area contributed by atoms with Crippen molar-refractivity contribution in [1.82, 2.24) is 4.31 Å². The van der Waals surface area contributed by atoms with Gasteiger partial charge in [-0.25, -0.2) is 12.7 Å². The molecule has 0 spiro atoms. The number of anilines is 1. The van der Waals surface area contributed by atoms with E-state index in [0.29, 0.717) is 17.9 Å². The van der Waals surface area contributed by atoms with Crippen molar-refractivity contribution < 1.29 is 17.9 Å². The van der Waals surface area contributed by atoms with E-state index < -0.39 is 10.0 Å². The molecule has 1 amide bonds. The first-order chi connectivity index (χ1) is 11.7. The molecular weight excluding hydrogens is 360 g/mol. The highest BCUT2D eigenvalue weighted by Gasteiger charge is 2.23. The first-order valence-corrected chi connectivity index (χ1v) is 10.00. The lowest BCUT2D eigenvalue weighted by atomic mass is 10.2. The number of nitrogens with one attached hydrogen (secondary N) is 1. The number of ether oxygens (including phenoxy) is 1. The molecule has 2 aromatic rings. The highest BCUT2D eigenvalue weighted by molar-refractivity contribution is 7.89. The van der Waals surface area contributed by atoms with Gasteiger partial charge in [0.1, 0.15) is 10.6 Å². The third-order valence-electron chi connectivity index (χ3n) is 3.55. The maximum Gasteiger partial charge on any atom is 0.256 e. The van der Waals surface area contributed by atoms with Gasteiger partial charge in [0.05, 0.1) is 12.2 Å². The van der Waals surface area contributed by atoms with Gasteiger partial charge < -0.3 is 10.1 Å². The molecule has 25 heavy (non-hydrogen) atoms. The summed E-state index contributed by atoms with van der Waals surface area (Å²) in [7, 11) is -0.793. The molecule has 8 heteroatoms. The fourth-order valence-corrected chi connectivity index (χ4v) is 4.29. The molecule has 1 N–H and O–H groups in total. The number of hydrogen-bond acceptors (Lipinski definition) is 5. The number of aryl methyl sites for hydroxylation is 2. The number of thiophene rings is 1. The van der Waals surface area contributed by atoms with Crippen LogP contribution in [0.2, 0.25) is 0 Å². The number of hydrogen-bond donors (Lipinski definition) is 1. The minimum Gasteiger partial charge on any atom is -0.492 e. The van der Waals surface area contributed by atoms with Crippen molar-refractivity contribution in [2.75, 3.05) is 26.0 Å². The van der Waals surface area contributed by atoms with Crippen LogP contribution in [0.3, 0.4) is 0 Å². The fourth-order valence-electron chi connectivity index (χ4n) is 2.31. The van der Waals surface area contributed by atoms with Crippen LogP contribution < -0.4 is 10.1 Å². The molecule has 0 atom stereocenters. The van der Waals surface area contributed by atoms with Gasteiger partial charge >= 0.3 is 0 Å². The van der Waals surface area contributed by atoms with Gasteiger partial charge in [-0.3, -0.25) is 4.79 Å². The summed E-state index contributed by atoms with van der Waals surface area (Å²) in [5.41, 5.74) is 0.991. The van der Waals surface area contributed by atoms with E-state index in [4.69, 9.17) is 4.74 Å². The number of benzene rings is 1. The summed E-state index contributed by atoms with van der Waals surface area (Å²) in [5, 5.41) is 2.76. The number of rotatable bonds is 6. The van der Waals surface area contributed by atoms with Gasteiger partial charge in [0, 0.05) is 29.5 Å². The Morgan fingerprint density at radius 3 is 2.44 bits per heavy atom. The van der Waals surface area contributed by atoms with Gasteiger partial charge in [0.25, 0.3) is 5.91 Å². The molecule has 0 saturated heterocycles. The number of nitrogens with zero attached hydrogens (tertiary/aromatic N) is 1. The van der Waals surface area contributed by atoms with E-state index >= 15 is 0 Å². The SMILES string of the molecule is CCOc1ccc(NC(=O)c2cc(C)sc2C)cc1S(=O)(=O)N(C)C. The van der Waals surface area contributed by atoms with E-state index in [2.05, 4.69) is 5.32 Å². The third kappa shape index (κ3) is 4.20. The average molecular weight is 383 g/mol. The molecule has 0 aliphatic rings. The Hall–Kier alpha value is -1.90. The smallest absolute Gasteiger partial charge is 0.256 e. The minimum atomic E-state index is -3.70. The second-order valence-corrected chi connectivity index (χ2v) is 9.24. The van der Waals surface area contributed by atoms with Crippen LogP contribution >= 0.6 is 11.3 Å². The molecular formula is C17H22N2O4S2. The first kappa shape index (κ1) is 19.4.